The van der Waals surface area contributed by atoms with Gasteiger partial charge >= 0.3 is 0 Å². The van der Waals surface area contributed by atoms with Gasteiger partial charge in [0.15, 0.2) is 5.82 Å². The van der Waals surface area contributed by atoms with Crippen molar-refractivity contribution in [1.82, 2.24) is 9.97 Å². The minimum absolute atomic E-state index is 0.589. The van der Waals surface area contributed by atoms with Gasteiger partial charge in [0, 0.05) is 24.7 Å². The van der Waals surface area contributed by atoms with Gasteiger partial charge in [0.05, 0.1) is 11.8 Å². The van der Waals surface area contributed by atoms with E-state index >= 15 is 0 Å². The molecule has 3 rings (SSSR count). The number of furan rings is 1. The van der Waals surface area contributed by atoms with Crippen LogP contribution in [-0.4, -0.2) is 17.0 Å². The smallest absolute Gasteiger partial charge is 0.165 e. The first-order valence-electron chi connectivity index (χ1n) is 6.46. The molecule has 2 aromatic heterocycles. The Balaban J connectivity index is 2.01. The number of rotatable bonds is 3. The summed E-state index contributed by atoms with van der Waals surface area (Å²) in [6.45, 7) is 0. The van der Waals surface area contributed by atoms with Crippen LogP contribution in [0.15, 0.2) is 29.1 Å². The lowest BCUT2D eigenvalue weighted by Gasteiger charge is -2.11. The summed E-state index contributed by atoms with van der Waals surface area (Å²) < 4.78 is 5.11. The van der Waals surface area contributed by atoms with E-state index in [9.17, 15) is 0 Å². The third-order valence-corrected chi connectivity index (χ3v) is 3.55. The molecule has 94 valence electrons. The monoisotopic (exact) mass is 243 g/mol. The molecular weight excluding hydrogens is 226 g/mol. The van der Waals surface area contributed by atoms with Gasteiger partial charge in [-0.05, 0) is 18.9 Å². The number of nitrogens with one attached hydrogen (secondary N) is 1. The van der Waals surface area contributed by atoms with Crippen molar-refractivity contribution in [3.63, 3.8) is 0 Å². The van der Waals surface area contributed by atoms with Gasteiger partial charge in [0.1, 0.15) is 12.1 Å². The van der Waals surface area contributed by atoms with E-state index in [0.717, 1.165) is 22.9 Å². The van der Waals surface area contributed by atoms with Gasteiger partial charge < -0.3 is 9.73 Å². The summed E-state index contributed by atoms with van der Waals surface area (Å²) in [5, 5.41) is 3.11. The van der Waals surface area contributed by atoms with Crippen molar-refractivity contribution in [3.8, 4) is 11.4 Å². The predicted octanol–water partition coefficient (Wildman–Crippen LogP) is 3.44. The Labute approximate surface area is 106 Å². The maximum atomic E-state index is 5.11. The maximum absolute atomic E-state index is 5.11. The highest BCUT2D eigenvalue weighted by atomic mass is 16.3. The summed E-state index contributed by atoms with van der Waals surface area (Å²) in [5.74, 6) is 2.21. The van der Waals surface area contributed by atoms with Gasteiger partial charge in [-0.2, -0.15) is 0 Å². The molecule has 0 aromatic carbocycles. The van der Waals surface area contributed by atoms with Crippen molar-refractivity contribution >= 4 is 5.82 Å². The van der Waals surface area contributed by atoms with E-state index in [1.807, 2.05) is 13.1 Å². The van der Waals surface area contributed by atoms with Crippen LogP contribution in [-0.2, 0) is 0 Å². The van der Waals surface area contributed by atoms with Crippen molar-refractivity contribution in [1.29, 1.82) is 0 Å². The van der Waals surface area contributed by atoms with Crippen molar-refractivity contribution < 1.29 is 4.42 Å². The number of hydrogen-bond acceptors (Lipinski definition) is 4. The minimum atomic E-state index is 0.589. The van der Waals surface area contributed by atoms with E-state index in [-0.39, 0.29) is 0 Å². The standard InChI is InChI=1S/C14H17N3O/c1-15-13-8-12(10-4-2-3-5-10)16-14(17-13)11-6-7-18-9-11/h6-10H,2-5H2,1H3,(H,15,16,17). The van der Waals surface area contributed by atoms with Gasteiger partial charge in [-0.3, -0.25) is 0 Å². The van der Waals surface area contributed by atoms with Gasteiger partial charge in [-0.25, -0.2) is 9.97 Å². The van der Waals surface area contributed by atoms with Gasteiger partial charge in [-0.15, -0.1) is 0 Å². The number of nitrogens with zero attached hydrogens (tertiary/aromatic N) is 2. The Morgan fingerprint density at radius 2 is 2.11 bits per heavy atom. The Bertz CT molecular complexity index is 516. The molecule has 1 aliphatic carbocycles. The summed E-state index contributed by atoms with van der Waals surface area (Å²) >= 11 is 0. The molecule has 18 heavy (non-hydrogen) atoms. The average Bonchev–Trinajstić information content (AvgIpc) is 3.10. The molecule has 4 heteroatoms. The molecule has 1 N–H and O–H groups in total. The van der Waals surface area contributed by atoms with E-state index in [1.54, 1.807) is 12.5 Å². The van der Waals surface area contributed by atoms with E-state index in [2.05, 4.69) is 16.4 Å². The minimum Gasteiger partial charge on any atom is -0.472 e. The van der Waals surface area contributed by atoms with Crippen molar-refractivity contribution in [2.45, 2.75) is 31.6 Å². The van der Waals surface area contributed by atoms with Crippen LogP contribution in [0.4, 0.5) is 5.82 Å². The zero-order valence-corrected chi connectivity index (χ0v) is 10.5. The summed E-state index contributed by atoms with van der Waals surface area (Å²) in [6, 6.07) is 3.97. The van der Waals surface area contributed by atoms with Crippen LogP contribution in [0.2, 0.25) is 0 Å². The number of hydrogen-bond donors (Lipinski definition) is 1. The fraction of sp³-hybridized carbons (Fsp3) is 0.429. The number of anilines is 1. The lowest BCUT2D eigenvalue weighted by atomic mass is 10.0. The van der Waals surface area contributed by atoms with E-state index in [0.29, 0.717) is 5.92 Å². The lowest BCUT2D eigenvalue weighted by molar-refractivity contribution is 0.568. The molecule has 0 bridgehead atoms. The molecule has 2 aromatic rings. The fourth-order valence-electron chi connectivity index (χ4n) is 2.55. The quantitative estimate of drug-likeness (QED) is 0.897. The topological polar surface area (TPSA) is 51.0 Å². The molecule has 1 fully saturated rings. The Kier molecular flexibility index (Phi) is 3.00. The first-order chi connectivity index (χ1) is 8.86. The largest absolute Gasteiger partial charge is 0.472 e. The summed E-state index contributed by atoms with van der Waals surface area (Å²) in [4.78, 5) is 9.18. The highest BCUT2D eigenvalue weighted by Gasteiger charge is 2.20. The van der Waals surface area contributed by atoms with Crippen molar-refractivity contribution in [2.24, 2.45) is 0 Å². The molecule has 0 radical (unpaired) electrons. The van der Waals surface area contributed by atoms with Crippen LogP contribution < -0.4 is 5.32 Å². The van der Waals surface area contributed by atoms with E-state index in [1.165, 1.54) is 25.7 Å². The van der Waals surface area contributed by atoms with Crippen LogP contribution in [0.1, 0.15) is 37.3 Å². The molecule has 0 amide bonds. The van der Waals surface area contributed by atoms with Crippen LogP contribution in [0.25, 0.3) is 11.4 Å². The second-order valence-corrected chi connectivity index (χ2v) is 4.75. The second kappa shape index (κ2) is 4.80. The summed E-state index contributed by atoms with van der Waals surface area (Å²) in [5.41, 5.74) is 2.09. The summed E-state index contributed by atoms with van der Waals surface area (Å²) in [6.07, 6.45) is 8.44. The van der Waals surface area contributed by atoms with Gasteiger partial charge in [0.25, 0.3) is 0 Å². The summed E-state index contributed by atoms with van der Waals surface area (Å²) in [7, 11) is 1.89. The predicted molar refractivity (Wildman–Crippen MR) is 70.5 cm³/mol. The Morgan fingerprint density at radius 3 is 2.78 bits per heavy atom. The van der Waals surface area contributed by atoms with E-state index in [4.69, 9.17) is 9.40 Å². The van der Waals surface area contributed by atoms with Gasteiger partial charge in [0.2, 0.25) is 0 Å². The molecule has 2 heterocycles. The third kappa shape index (κ3) is 2.10. The first kappa shape index (κ1) is 11.3. The van der Waals surface area contributed by atoms with Crippen molar-refractivity contribution in [3.05, 3.63) is 30.4 Å². The van der Waals surface area contributed by atoms with E-state index < -0.39 is 0 Å². The molecule has 1 aliphatic rings. The fourth-order valence-corrected chi connectivity index (χ4v) is 2.55. The molecule has 1 saturated carbocycles. The maximum Gasteiger partial charge on any atom is 0.165 e. The average molecular weight is 243 g/mol. The van der Waals surface area contributed by atoms with Crippen LogP contribution >= 0.6 is 0 Å². The molecule has 0 spiro atoms. The zero-order valence-electron chi connectivity index (χ0n) is 10.5. The molecule has 0 saturated heterocycles. The molecule has 0 unspecified atom stereocenters. The number of aromatic nitrogens is 2. The van der Waals surface area contributed by atoms with Gasteiger partial charge in [-0.1, -0.05) is 12.8 Å². The highest BCUT2D eigenvalue weighted by Crippen LogP contribution is 2.34. The second-order valence-electron chi connectivity index (χ2n) is 4.75. The zero-order chi connectivity index (χ0) is 12.4. The highest BCUT2D eigenvalue weighted by molar-refractivity contribution is 5.56. The molecule has 0 atom stereocenters. The lowest BCUT2D eigenvalue weighted by Crippen LogP contribution is -2.03. The van der Waals surface area contributed by atoms with Crippen LogP contribution in [0, 0.1) is 0 Å². The SMILES string of the molecule is CNc1cc(C2CCCC2)nc(-c2ccoc2)n1. The first-order valence-corrected chi connectivity index (χ1v) is 6.46. The molecule has 0 aliphatic heterocycles. The van der Waals surface area contributed by atoms with Crippen molar-refractivity contribution in [2.75, 3.05) is 12.4 Å². The molecule has 4 nitrogen and oxygen atoms in total. The Morgan fingerprint density at radius 1 is 1.28 bits per heavy atom. The Hall–Kier alpha value is -1.84. The third-order valence-electron chi connectivity index (χ3n) is 3.55. The normalized spacial score (nSPS) is 16.1. The van der Waals surface area contributed by atoms with Crippen LogP contribution in [0.3, 0.4) is 0 Å². The van der Waals surface area contributed by atoms with Crippen LogP contribution in [0.5, 0.6) is 0 Å². The molecular formula is C14H17N3O.